The van der Waals surface area contributed by atoms with Gasteiger partial charge in [-0.25, -0.2) is 0 Å². The molecule has 2 aliphatic heterocycles. The summed E-state index contributed by atoms with van der Waals surface area (Å²) in [6.07, 6.45) is 8.85. The van der Waals surface area contributed by atoms with Crippen molar-refractivity contribution in [3.63, 3.8) is 0 Å². The van der Waals surface area contributed by atoms with Crippen molar-refractivity contribution in [3.8, 4) is 0 Å². The van der Waals surface area contributed by atoms with E-state index in [-0.39, 0.29) is 0 Å². The molecule has 2 N–H and O–H groups in total. The van der Waals surface area contributed by atoms with Crippen molar-refractivity contribution in [2.24, 2.45) is 11.7 Å². The zero-order chi connectivity index (χ0) is 11.9. The summed E-state index contributed by atoms with van der Waals surface area (Å²) >= 11 is 0. The summed E-state index contributed by atoms with van der Waals surface area (Å²) in [5, 5.41) is 0. The third-order valence-electron chi connectivity index (χ3n) is 5.16. The van der Waals surface area contributed by atoms with E-state index in [4.69, 9.17) is 10.5 Å². The Bertz CT molecular complexity index is 271. The molecule has 2 bridgehead atoms. The molecule has 0 amide bonds. The molecule has 4 atom stereocenters. The van der Waals surface area contributed by atoms with E-state index in [0.717, 1.165) is 25.6 Å². The van der Waals surface area contributed by atoms with Crippen molar-refractivity contribution >= 4 is 0 Å². The van der Waals surface area contributed by atoms with Gasteiger partial charge in [0, 0.05) is 25.2 Å². The number of morpholine rings is 1. The standard InChI is InChI=1S/C14H26N2O/c1-11-3-2-6-14(7-11,10-15)16-8-12-4-5-13(9-16)17-12/h11-13H,2-10,15H2,1H3. The first-order valence-corrected chi connectivity index (χ1v) is 7.32. The molecule has 3 fully saturated rings. The van der Waals surface area contributed by atoms with E-state index >= 15 is 0 Å². The summed E-state index contributed by atoms with van der Waals surface area (Å²) in [7, 11) is 0. The third-order valence-corrected chi connectivity index (χ3v) is 5.16. The van der Waals surface area contributed by atoms with Gasteiger partial charge in [0.2, 0.25) is 0 Å². The van der Waals surface area contributed by atoms with Gasteiger partial charge in [-0.3, -0.25) is 4.90 Å². The van der Waals surface area contributed by atoms with E-state index in [9.17, 15) is 0 Å². The Hall–Kier alpha value is -0.120. The largest absolute Gasteiger partial charge is 0.372 e. The Balaban J connectivity index is 1.75. The first-order valence-electron chi connectivity index (χ1n) is 7.32. The van der Waals surface area contributed by atoms with Gasteiger partial charge in [-0.05, 0) is 31.6 Å². The minimum Gasteiger partial charge on any atom is -0.372 e. The van der Waals surface area contributed by atoms with Crippen molar-refractivity contribution in [2.75, 3.05) is 19.6 Å². The van der Waals surface area contributed by atoms with Gasteiger partial charge in [-0.2, -0.15) is 0 Å². The predicted octanol–water partition coefficient (Wildman–Crippen LogP) is 1.76. The first-order chi connectivity index (χ1) is 8.22. The average molecular weight is 238 g/mol. The number of ether oxygens (including phenoxy) is 1. The summed E-state index contributed by atoms with van der Waals surface area (Å²) in [6.45, 7) is 5.47. The maximum atomic E-state index is 6.16. The van der Waals surface area contributed by atoms with Crippen LogP contribution in [0, 0.1) is 5.92 Å². The maximum Gasteiger partial charge on any atom is 0.0707 e. The lowest BCUT2D eigenvalue weighted by atomic mass is 9.75. The fourth-order valence-electron chi connectivity index (χ4n) is 4.24. The Morgan fingerprint density at radius 1 is 1.24 bits per heavy atom. The van der Waals surface area contributed by atoms with Gasteiger partial charge in [0.15, 0.2) is 0 Å². The number of hydrogen-bond donors (Lipinski definition) is 1. The minimum atomic E-state index is 0.294. The highest BCUT2D eigenvalue weighted by atomic mass is 16.5. The molecular weight excluding hydrogens is 212 g/mol. The van der Waals surface area contributed by atoms with E-state index in [1.165, 1.54) is 38.5 Å². The fraction of sp³-hybridized carbons (Fsp3) is 1.00. The van der Waals surface area contributed by atoms with Crippen LogP contribution >= 0.6 is 0 Å². The van der Waals surface area contributed by atoms with E-state index in [0.29, 0.717) is 17.7 Å². The second kappa shape index (κ2) is 4.52. The van der Waals surface area contributed by atoms with Crippen LogP contribution in [-0.4, -0.2) is 42.3 Å². The molecule has 0 spiro atoms. The third kappa shape index (κ3) is 2.13. The van der Waals surface area contributed by atoms with Crippen LogP contribution in [0.2, 0.25) is 0 Å². The molecule has 0 aromatic carbocycles. The van der Waals surface area contributed by atoms with Crippen molar-refractivity contribution in [1.82, 2.24) is 4.90 Å². The Morgan fingerprint density at radius 3 is 2.53 bits per heavy atom. The first kappa shape index (κ1) is 11.9. The van der Waals surface area contributed by atoms with Gasteiger partial charge in [0.1, 0.15) is 0 Å². The molecule has 1 aliphatic carbocycles. The fourth-order valence-corrected chi connectivity index (χ4v) is 4.24. The highest BCUT2D eigenvalue weighted by Gasteiger charge is 2.44. The number of nitrogens with two attached hydrogens (primary N) is 1. The van der Waals surface area contributed by atoms with Crippen LogP contribution < -0.4 is 5.73 Å². The molecule has 3 rings (SSSR count). The van der Waals surface area contributed by atoms with E-state index in [1.54, 1.807) is 0 Å². The van der Waals surface area contributed by atoms with Crippen LogP contribution in [-0.2, 0) is 4.74 Å². The average Bonchev–Trinajstić information content (AvgIpc) is 2.68. The summed E-state index contributed by atoms with van der Waals surface area (Å²) in [6, 6.07) is 0. The number of hydrogen-bond acceptors (Lipinski definition) is 3. The van der Waals surface area contributed by atoms with E-state index in [2.05, 4.69) is 11.8 Å². The lowest BCUT2D eigenvalue weighted by Crippen LogP contribution is -2.61. The Kier molecular flexibility index (Phi) is 3.18. The molecule has 3 aliphatic rings. The molecule has 17 heavy (non-hydrogen) atoms. The lowest BCUT2D eigenvalue weighted by molar-refractivity contribution is -0.0894. The molecular formula is C14H26N2O. The molecule has 3 heteroatoms. The second-order valence-electron chi connectivity index (χ2n) is 6.49. The minimum absolute atomic E-state index is 0.294. The monoisotopic (exact) mass is 238 g/mol. The van der Waals surface area contributed by atoms with Gasteiger partial charge >= 0.3 is 0 Å². The van der Waals surface area contributed by atoms with Crippen LogP contribution in [0.25, 0.3) is 0 Å². The summed E-state index contributed by atoms with van der Waals surface area (Å²) < 4.78 is 5.95. The molecule has 1 saturated carbocycles. The Labute approximate surface area is 105 Å². The lowest BCUT2D eigenvalue weighted by Gasteiger charge is -2.50. The maximum absolute atomic E-state index is 6.16. The van der Waals surface area contributed by atoms with Crippen molar-refractivity contribution in [3.05, 3.63) is 0 Å². The quantitative estimate of drug-likeness (QED) is 0.796. The molecule has 2 saturated heterocycles. The van der Waals surface area contributed by atoms with E-state index in [1.807, 2.05) is 0 Å². The van der Waals surface area contributed by atoms with Gasteiger partial charge in [0.05, 0.1) is 12.2 Å². The van der Waals surface area contributed by atoms with Gasteiger partial charge in [-0.15, -0.1) is 0 Å². The van der Waals surface area contributed by atoms with Gasteiger partial charge in [-0.1, -0.05) is 19.8 Å². The molecule has 0 aromatic rings. The second-order valence-corrected chi connectivity index (χ2v) is 6.49. The van der Waals surface area contributed by atoms with Crippen LogP contribution in [0.3, 0.4) is 0 Å². The molecule has 0 aromatic heterocycles. The van der Waals surface area contributed by atoms with Crippen molar-refractivity contribution in [1.29, 1.82) is 0 Å². The highest BCUT2D eigenvalue weighted by molar-refractivity contribution is 5.00. The molecule has 2 heterocycles. The number of fused-ring (bicyclic) bond motifs is 2. The number of likely N-dealkylation sites (tertiary alicyclic amines) is 1. The zero-order valence-corrected chi connectivity index (χ0v) is 11.0. The SMILES string of the molecule is CC1CCCC(CN)(N2CC3CCC(C2)O3)C1. The topological polar surface area (TPSA) is 38.5 Å². The smallest absolute Gasteiger partial charge is 0.0707 e. The normalized spacial score (nSPS) is 47.3. The zero-order valence-electron chi connectivity index (χ0n) is 11.0. The van der Waals surface area contributed by atoms with Gasteiger partial charge < -0.3 is 10.5 Å². The summed E-state index contributed by atoms with van der Waals surface area (Å²) in [5.41, 5.74) is 6.45. The Morgan fingerprint density at radius 2 is 1.94 bits per heavy atom. The van der Waals surface area contributed by atoms with Crippen molar-refractivity contribution < 1.29 is 4.74 Å². The van der Waals surface area contributed by atoms with Crippen LogP contribution in [0.15, 0.2) is 0 Å². The number of rotatable bonds is 2. The molecule has 3 nitrogen and oxygen atoms in total. The van der Waals surface area contributed by atoms with Gasteiger partial charge in [0.25, 0.3) is 0 Å². The predicted molar refractivity (Wildman–Crippen MR) is 68.9 cm³/mol. The molecule has 98 valence electrons. The number of nitrogens with zero attached hydrogens (tertiary/aromatic N) is 1. The molecule has 0 radical (unpaired) electrons. The van der Waals surface area contributed by atoms with Crippen LogP contribution in [0.1, 0.15) is 45.4 Å². The summed E-state index contributed by atoms with van der Waals surface area (Å²) in [5.74, 6) is 0.841. The van der Waals surface area contributed by atoms with Crippen LogP contribution in [0.5, 0.6) is 0 Å². The summed E-state index contributed by atoms with van der Waals surface area (Å²) in [4.78, 5) is 2.69. The molecule has 4 unspecified atom stereocenters. The van der Waals surface area contributed by atoms with E-state index < -0.39 is 0 Å². The van der Waals surface area contributed by atoms with Crippen LogP contribution in [0.4, 0.5) is 0 Å². The highest BCUT2D eigenvalue weighted by Crippen LogP contribution is 2.39. The van der Waals surface area contributed by atoms with Crippen molar-refractivity contribution in [2.45, 2.75) is 63.2 Å².